The zero-order valence-electron chi connectivity index (χ0n) is 14.1. The second-order valence-corrected chi connectivity index (χ2v) is 5.72. The maximum absolute atomic E-state index is 5.93. The molecule has 24 heavy (non-hydrogen) atoms. The highest BCUT2D eigenvalue weighted by molar-refractivity contribution is 6.01. The molecule has 0 spiro atoms. The average Bonchev–Trinajstić information content (AvgIpc) is 3.18. The van der Waals surface area contributed by atoms with E-state index in [0.717, 1.165) is 40.2 Å². The highest BCUT2D eigenvalue weighted by atomic mass is 14.9. The Labute approximate surface area is 140 Å². The number of imidazole rings is 1. The van der Waals surface area contributed by atoms with Crippen LogP contribution in [-0.2, 0) is 6.54 Å². The second kappa shape index (κ2) is 6.72. The maximum Gasteiger partial charge on any atom is 0.118 e. The van der Waals surface area contributed by atoms with E-state index in [1.54, 1.807) is 7.05 Å². The van der Waals surface area contributed by atoms with Gasteiger partial charge < -0.3 is 21.0 Å². The van der Waals surface area contributed by atoms with Crippen LogP contribution in [0.5, 0.6) is 0 Å². The summed E-state index contributed by atoms with van der Waals surface area (Å²) < 4.78 is 0. The van der Waals surface area contributed by atoms with Crippen LogP contribution in [0.15, 0.2) is 41.5 Å². The number of hydrogen-bond acceptors (Lipinski definition) is 3. The van der Waals surface area contributed by atoms with Gasteiger partial charge in [-0.3, -0.25) is 4.99 Å². The van der Waals surface area contributed by atoms with Gasteiger partial charge in [0.25, 0.3) is 0 Å². The van der Waals surface area contributed by atoms with Crippen LogP contribution in [0.25, 0.3) is 16.5 Å². The van der Waals surface area contributed by atoms with Crippen molar-refractivity contribution in [2.45, 2.75) is 13.5 Å². The third kappa shape index (κ3) is 3.23. The number of aryl methyl sites for hydroxylation is 1. The number of aromatic amines is 2. The smallest absolute Gasteiger partial charge is 0.118 e. The minimum Gasteiger partial charge on any atom is -0.384 e. The van der Waals surface area contributed by atoms with Crippen molar-refractivity contribution < 1.29 is 0 Å². The Morgan fingerprint density at radius 1 is 1.29 bits per heavy atom. The molecule has 124 valence electrons. The molecule has 0 atom stereocenters. The summed E-state index contributed by atoms with van der Waals surface area (Å²) in [6.45, 7) is 2.77. The molecular weight excluding hydrogens is 300 g/mol. The van der Waals surface area contributed by atoms with Crippen molar-refractivity contribution in [1.29, 1.82) is 0 Å². The molecule has 6 heteroatoms. The predicted octanol–water partition coefficient (Wildman–Crippen LogP) is 2.34. The second-order valence-electron chi connectivity index (χ2n) is 5.72. The van der Waals surface area contributed by atoms with Gasteiger partial charge >= 0.3 is 0 Å². The van der Waals surface area contributed by atoms with Gasteiger partial charge in [-0.25, -0.2) is 4.98 Å². The van der Waals surface area contributed by atoms with Crippen molar-refractivity contribution in [3.63, 3.8) is 0 Å². The van der Waals surface area contributed by atoms with Crippen LogP contribution in [0, 0.1) is 6.92 Å². The maximum atomic E-state index is 5.93. The van der Waals surface area contributed by atoms with Crippen molar-refractivity contribution >= 4 is 22.3 Å². The van der Waals surface area contributed by atoms with E-state index in [-0.39, 0.29) is 0 Å². The molecule has 0 aliphatic rings. The van der Waals surface area contributed by atoms with Gasteiger partial charge in [0.1, 0.15) is 11.7 Å². The minimum atomic E-state index is 0.465. The summed E-state index contributed by atoms with van der Waals surface area (Å²) >= 11 is 0. The highest BCUT2D eigenvalue weighted by Gasteiger charge is 2.12. The van der Waals surface area contributed by atoms with E-state index >= 15 is 0 Å². The fourth-order valence-electron chi connectivity index (χ4n) is 2.71. The van der Waals surface area contributed by atoms with Gasteiger partial charge in [0.15, 0.2) is 0 Å². The van der Waals surface area contributed by atoms with Crippen LogP contribution in [0.2, 0.25) is 0 Å². The van der Waals surface area contributed by atoms with Crippen LogP contribution in [0.3, 0.4) is 0 Å². The van der Waals surface area contributed by atoms with Gasteiger partial charge in [-0.1, -0.05) is 6.07 Å². The van der Waals surface area contributed by atoms with Crippen LogP contribution in [0.1, 0.15) is 22.8 Å². The summed E-state index contributed by atoms with van der Waals surface area (Å²) in [5, 5.41) is 4.33. The Kier molecular flexibility index (Phi) is 4.48. The number of nitrogens with two attached hydrogens (primary N) is 1. The lowest BCUT2D eigenvalue weighted by Crippen LogP contribution is -2.08. The molecule has 0 radical (unpaired) electrons. The number of fused-ring (bicyclic) bond motifs is 1. The van der Waals surface area contributed by atoms with Gasteiger partial charge in [0.2, 0.25) is 0 Å². The molecule has 5 N–H and O–H groups in total. The molecule has 0 bridgehead atoms. The number of aliphatic imine (C=N–C) groups is 1. The Bertz CT molecular complexity index is 913. The number of amidine groups is 1. The normalized spacial score (nSPS) is 13.0. The van der Waals surface area contributed by atoms with E-state index in [4.69, 9.17) is 5.73 Å². The first-order chi connectivity index (χ1) is 11.6. The molecule has 0 fully saturated rings. The summed E-state index contributed by atoms with van der Waals surface area (Å²) in [6, 6.07) is 8.52. The molecule has 2 heterocycles. The van der Waals surface area contributed by atoms with Crippen LogP contribution < -0.4 is 11.1 Å². The third-order valence-electron chi connectivity index (χ3n) is 3.90. The SMILES string of the molecule is CN=C(N)/C=C(\c1cnc(C)[nH]1)c1cc2cc(CNC)ccc2[nH]1. The number of nitrogens with one attached hydrogen (secondary N) is 3. The standard InChI is InChI=1S/C18H22N6/c1-11-22-10-17(23-11)14(8-18(19)21-3)16-7-13-6-12(9-20-2)4-5-15(13)24-16/h4-8,10,20,24H,9H2,1-3H3,(H2,19,21)(H,22,23)/b14-8-. The Morgan fingerprint density at radius 2 is 2.12 bits per heavy atom. The molecule has 0 unspecified atom stereocenters. The molecule has 3 rings (SSSR count). The van der Waals surface area contributed by atoms with Crippen molar-refractivity contribution in [1.82, 2.24) is 20.3 Å². The lowest BCUT2D eigenvalue weighted by molar-refractivity contribution is 0.819. The molecule has 1 aromatic carbocycles. The van der Waals surface area contributed by atoms with E-state index in [2.05, 4.69) is 49.5 Å². The summed E-state index contributed by atoms with van der Waals surface area (Å²) in [7, 11) is 3.62. The van der Waals surface area contributed by atoms with E-state index in [9.17, 15) is 0 Å². The van der Waals surface area contributed by atoms with Crippen molar-refractivity contribution in [3.8, 4) is 0 Å². The van der Waals surface area contributed by atoms with E-state index in [1.165, 1.54) is 5.56 Å². The number of aromatic nitrogens is 3. The molecular formula is C18H22N6. The van der Waals surface area contributed by atoms with E-state index < -0.39 is 0 Å². The number of H-pyrrole nitrogens is 2. The zero-order valence-corrected chi connectivity index (χ0v) is 14.1. The lowest BCUT2D eigenvalue weighted by Gasteiger charge is -2.03. The summed E-state index contributed by atoms with van der Waals surface area (Å²) in [4.78, 5) is 15.0. The van der Waals surface area contributed by atoms with Crippen LogP contribution >= 0.6 is 0 Å². The quantitative estimate of drug-likeness (QED) is 0.429. The van der Waals surface area contributed by atoms with Crippen LogP contribution in [0.4, 0.5) is 0 Å². The molecule has 0 saturated heterocycles. The molecule has 2 aromatic heterocycles. The van der Waals surface area contributed by atoms with Gasteiger partial charge in [-0.2, -0.15) is 0 Å². The van der Waals surface area contributed by atoms with Gasteiger partial charge in [-0.05, 0) is 43.8 Å². The Balaban J connectivity index is 2.10. The lowest BCUT2D eigenvalue weighted by atomic mass is 10.1. The molecule has 0 saturated carbocycles. The number of rotatable bonds is 5. The Morgan fingerprint density at radius 3 is 2.79 bits per heavy atom. The number of hydrogen-bond donors (Lipinski definition) is 4. The van der Waals surface area contributed by atoms with Gasteiger partial charge in [0.05, 0.1) is 11.9 Å². The molecule has 0 aliphatic carbocycles. The monoisotopic (exact) mass is 322 g/mol. The first kappa shape index (κ1) is 16.0. The topological polar surface area (TPSA) is 94.9 Å². The fourth-order valence-corrected chi connectivity index (χ4v) is 2.71. The molecule has 6 nitrogen and oxygen atoms in total. The molecule has 0 aliphatic heterocycles. The van der Waals surface area contributed by atoms with E-state index in [0.29, 0.717) is 5.84 Å². The number of benzene rings is 1. The third-order valence-corrected chi connectivity index (χ3v) is 3.90. The summed E-state index contributed by atoms with van der Waals surface area (Å²) in [5.41, 5.74) is 11.1. The average molecular weight is 322 g/mol. The van der Waals surface area contributed by atoms with Gasteiger partial charge in [-0.15, -0.1) is 0 Å². The molecule has 3 aromatic rings. The van der Waals surface area contributed by atoms with Crippen molar-refractivity contribution in [2.75, 3.05) is 14.1 Å². The zero-order chi connectivity index (χ0) is 17.1. The minimum absolute atomic E-state index is 0.465. The first-order valence-electron chi connectivity index (χ1n) is 7.83. The van der Waals surface area contributed by atoms with E-state index in [1.807, 2.05) is 26.2 Å². The van der Waals surface area contributed by atoms with Gasteiger partial charge in [0, 0.05) is 35.8 Å². The summed E-state index contributed by atoms with van der Waals surface area (Å²) in [5.74, 6) is 1.32. The highest BCUT2D eigenvalue weighted by Crippen LogP contribution is 2.26. The first-order valence-corrected chi connectivity index (χ1v) is 7.83. The number of nitrogens with zero attached hydrogens (tertiary/aromatic N) is 2. The largest absolute Gasteiger partial charge is 0.384 e. The Hall–Kier alpha value is -2.86. The van der Waals surface area contributed by atoms with Crippen molar-refractivity contribution in [2.24, 2.45) is 10.7 Å². The molecule has 0 amide bonds. The van der Waals surface area contributed by atoms with Crippen LogP contribution in [-0.4, -0.2) is 34.9 Å². The predicted molar refractivity (Wildman–Crippen MR) is 99.0 cm³/mol. The van der Waals surface area contributed by atoms with Crippen molar-refractivity contribution in [3.05, 3.63) is 59.3 Å². The fraction of sp³-hybridized carbons (Fsp3) is 0.222. The summed E-state index contributed by atoms with van der Waals surface area (Å²) in [6.07, 6.45) is 3.66.